The van der Waals surface area contributed by atoms with Crippen LogP contribution in [0.4, 0.5) is 0 Å². The Balaban J connectivity index is 2.12. The third kappa shape index (κ3) is 1.39. The van der Waals surface area contributed by atoms with Crippen LogP contribution in [0.1, 0.15) is 19.1 Å². The Hall–Kier alpha value is -0.930. The Kier molecular flexibility index (Phi) is 2.26. The average Bonchev–Trinajstić information content (AvgIpc) is 2.84. The molecule has 2 aromatic rings. The Bertz CT molecular complexity index is 486. The van der Waals surface area contributed by atoms with Crippen LogP contribution in [0.3, 0.4) is 0 Å². The third-order valence-electron chi connectivity index (χ3n) is 3.38. The van der Waals surface area contributed by atoms with Crippen LogP contribution in [-0.4, -0.2) is 16.1 Å². The molecule has 0 aliphatic carbocycles. The molecule has 2 atom stereocenters. The van der Waals surface area contributed by atoms with Crippen LogP contribution in [0.5, 0.6) is 0 Å². The minimum absolute atomic E-state index is 0.202. The SMILES string of the molecule is CC1SCCC1(O)c1cc2ccccc2o1. The molecular formula is C13H14O2S. The van der Waals surface area contributed by atoms with Gasteiger partial charge in [-0.3, -0.25) is 0 Å². The van der Waals surface area contributed by atoms with Gasteiger partial charge in [-0.05, 0) is 24.3 Å². The van der Waals surface area contributed by atoms with E-state index < -0.39 is 5.60 Å². The van der Waals surface area contributed by atoms with Gasteiger partial charge in [0.25, 0.3) is 0 Å². The number of thioether (sulfide) groups is 1. The molecular weight excluding hydrogens is 220 g/mol. The molecule has 0 spiro atoms. The van der Waals surface area contributed by atoms with Crippen molar-refractivity contribution in [3.05, 3.63) is 36.1 Å². The quantitative estimate of drug-likeness (QED) is 0.823. The lowest BCUT2D eigenvalue weighted by Gasteiger charge is -2.23. The molecule has 0 radical (unpaired) electrons. The topological polar surface area (TPSA) is 33.4 Å². The molecule has 1 aliphatic rings. The lowest BCUT2D eigenvalue weighted by atomic mass is 9.94. The van der Waals surface area contributed by atoms with Crippen LogP contribution in [0.25, 0.3) is 11.0 Å². The zero-order valence-corrected chi connectivity index (χ0v) is 9.96. The summed E-state index contributed by atoms with van der Waals surface area (Å²) in [4.78, 5) is 0. The molecule has 16 heavy (non-hydrogen) atoms. The van der Waals surface area contributed by atoms with Gasteiger partial charge in [-0.15, -0.1) is 0 Å². The largest absolute Gasteiger partial charge is 0.458 e. The molecule has 1 aliphatic heterocycles. The highest BCUT2D eigenvalue weighted by Crippen LogP contribution is 2.44. The highest BCUT2D eigenvalue weighted by atomic mass is 32.2. The van der Waals surface area contributed by atoms with E-state index in [1.807, 2.05) is 30.3 Å². The van der Waals surface area contributed by atoms with Crippen LogP contribution in [0.15, 0.2) is 34.7 Å². The fourth-order valence-electron chi connectivity index (χ4n) is 2.25. The van der Waals surface area contributed by atoms with E-state index in [1.165, 1.54) is 0 Å². The summed E-state index contributed by atoms with van der Waals surface area (Å²) < 4.78 is 5.76. The van der Waals surface area contributed by atoms with Crippen LogP contribution < -0.4 is 0 Å². The second kappa shape index (κ2) is 3.54. The van der Waals surface area contributed by atoms with Crippen molar-refractivity contribution < 1.29 is 9.52 Å². The van der Waals surface area contributed by atoms with E-state index in [1.54, 1.807) is 11.8 Å². The summed E-state index contributed by atoms with van der Waals surface area (Å²) in [6.45, 7) is 2.06. The summed E-state index contributed by atoms with van der Waals surface area (Å²) in [5, 5.41) is 11.9. The van der Waals surface area contributed by atoms with E-state index in [9.17, 15) is 5.11 Å². The van der Waals surface area contributed by atoms with Crippen LogP contribution in [0.2, 0.25) is 0 Å². The highest BCUT2D eigenvalue weighted by Gasteiger charge is 2.43. The van der Waals surface area contributed by atoms with Crippen molar-refractivity contribution in [3.8, 4) is 0 Å². The Morgan fingerprint density at radius 1 is 1.44 bits per heavy atom. The Morgan fingerprint density at radius 2 is 2.25 bits per heavy atom. The molecule has 84 valence electrons. The summed E-state index contributed by atoms with van der Waals surface area (Å²) in [5.74, 6) is 1.71. The molecule has 2 unspecified atom stereocenters. The number of rotatable bonds is 1. The van der Waals surface area contributed by atoms with Crippen molar-refractivity contribution in [1.29, 1.82) is 0 Å². The van der Waals surface area contributed by atoms with Gasteiger partial charge >= 0.3 is 0 Å². The van der Waals surface area contributed by atoms with Gasteiger partial charge in [0.2, 0.25) is 0 Å². The molecule has 1 N–H and O–H groups in total. The van der Waals surface area contributed by atoms with Gasteiger partial charge in [0, 0.05) is 10.6 Å². The molecule has 0 bridgehead atoms. The van der Waals surface area contributed by atoms with Gasteiger partial charge in [0.05, 0.1) is 0 Å². The molecule has 0 saturated carbocycles. The average molecular weight is 234 g/mol. The van der Waals surface area contributed by atoms with E-state index in [0.29, 0.717) is 5.76 Å². The van der Waals surface area contributed by atoms with E-state index in [4.69, 9.17) is 4.42 Å². The maximum atomic E-state index is 10.6. The summed E-state index contributed by atoms with van der Waals surface area (Å²) in [7, 11) is 0. The molecule has 2 heterocycles. The first kappa shape index (κ1) is 10.2. The predicted molar refractivity (Wildman–Crippen MR) is 66.6 cm³/mol. The fraction of sp³-hybridized carbons (Fsp3) is 0.385. The number of furan rings is 1. The molecule has 3 heteroatoms. The lowest BCUT2D eigenvalue weighted by Crippen LogP contribution is -2.30. The first-order chi connectivity index (χ1) is 7.70. The van der Waals surface area contributed by atoms with Crippen molar-refractivity contribution >= 4 is 22.7 Å². The van der Waals surface area contributed by atoms with E-state index in [0.717, 1.165) is 23.1 Å². The highest BCUT2D eigenvalue weighted by molar-refractivity contribution is 8.00. The van der Waals surface area contributed by atoms with Gasteiger partial charge in [-0.25, -0.2) is 0 Å². The summed E-state index contributed by atoms with van der Waals surface area (Å²) in [6, 6.07) is 9.86. The fourth-order valence-corrected chi connectivity index (χ4v) is 3.54. The number of fused-ring (bicyclic) bond motifs is 1. The van der Waals surface area contributed by atoms with E-state index in [-0.39, 0.29) is 5.25 Å². The van der Waals surface area contributed by atoms with Gasteiger partial charge in [0.1, 0.15) is 16.9 Å². The van der Waals surface area contributed by atoms with Gasteiger partial charge in [-0.2, -0.15) is 11.8 Å². The summed E-state index contributed by atoms with van der Waals surface area (Å²) in [6.07, 6.45) is 0.776. The standard InChI is InChI=1S/C13H14O2S/c1-9-13(14,6-7-16-9)12-8-10-4-2-3-5-11(10)15-12/h2-5,8-9,14H,6-7H2,1H3. The second-order valence-electron chi connectivity index (χ2n) is 4.34. The predicted octanol–water partition coefficient (Wildman–Crippen LogP) is 3.15. The summed E-state index contributed by atoms with van der Waals surface area (Å²) in [5.41, 5.74) is 0.0685. The van der Waals surface area contributed by atoms with Crippen molar-refractivity contribution in [2.45, 2.75) is 24.2 Å². The molecule has 1 saturated heterocycles. The van der Waals surface area contributed by atoms with Gasteiger partial charge in [-0.1, -0.05) is 25.1 Å². The smallest absolute Gasteiger partial charge is 0.138 e. The van der Waals surface area contributed by atoms with Crippen molar-refractivity contribution in [3.63, 3.8) is 0 Å². The normalized spacial score (nSPS) is 30.0. The van der Waals surface area contributed by atoms with Gasteiger partial charge < -0.3 is 9.52 Å². The maximum absolute atomic E-state index is 10.6. The second-order valence-corrected chi connectivity index (χ2v) is 5.78. The third-order valence-corrected chi connectivity index (χ3v) is 4.71. The molecule has 1 aromatic carbocycles. The number of benzene rings is 1. The van der Waals surface area contributed by atoms with E-state index in [2.05, 4.69) is 6.92 Å². The summed E-state index contributed by atoms with van der Waals surface area (Å²) >= 11 is 1.80. The van der Waals surface area contributed by atoms with Crippen LogP contribution in [0, 0.1) is 0 Å². The number of hydrogen-bond acceptors (Lipinski definition) is 3. The van der Waals surface area contributed by atoms with E-state index >= 15 is 0 Å². The monoisotopic (exact) mass is 234 g/mol. The molecule has 3 rings (SSSR count). The number of aliphatic hydroxyl groups is 1. The van der Waals surface area contributed by atoms with Crippen LogP contribution >= 0.6 is 11.8 Å². The Morgan fingerprint density at radius 3 is 2.94 bits per heavy atom. The van der Waals surface area contributed by atoms with Gasteiger partial charge in [0.15, 0.2) is 0 Å². The molecule has 1 aromatic heterocycles. The first-order valence-electron chi connectivity index (χ1n) is 5.53. The zero-order chi connectivity index (χ0) is 11.2. The van der Waals surface area contributed by atoms with Crippen molar-refractivity contribution in [1.82, 2.24) is 0 Å². The minimum atomic E-state index is -0.788. The van der Waals surface area contributed by atoms with Crippen LogP contribution in [-0.2, 0) is 5.60 Å². The minimum Gasteiger partial charge on any atom is -0.458 e. The number of hydrogen-bond donors (Lipinski definition) is 1. The molecule has 0 amide bonds. The lowest BCUT2D eigenvalue weighted by molar-refractivity contribution is 0.0220. The molecule has 2 nitrogen and oxygen atoms in total. The molecule has 1 fully saturated rings. The maximum Gasteiger partial charge on any atom is 0.138 e. The first-order valence-corrected chi connectivity index (χ1v) is 6.58. The van der Waals surface area contributed by atoms with Crippen molar-refractivity contribution in [2.24, 2.45) is 0 Å². The Labute approximate surface area is 98.6 Å². The van der Waals surface area contributed by atoms with Crippen molar-refractivity contribution in [2.75, 3.05) is 5.75 Å². The number of para-hydroxylation sites is 1. The zero-order valence-electron chi connectivity index (χ0n) is 9.14.